The zero-order chi connectivity index (χ0) is 8.28. The maximum Gasteiger partial charge on any atom is 0.331 e. The summed E-state index contributed by atoms with van der Waals surface area (Å²) in [5, 5.41) is 8.55. The van der Waals surface area contributed by atoms with Crippen LogP contribution in [0.15, 0.2) is 0 Å². The highest BCUT2D eigenvalue weighted by Gasteiger charge is 2.87. The zero-order valence-corrected chi connectivity index (χ0v) is 6.89. The van der Waals surface area contributed by atoms with Crippen molar-refractivity contribution in [3.8, 4) is 6.07 Å². The highest BCUT2D eigenvalue weighted by molar-refractivity contribution is 9.10. The molecule has 0 spiro atoms. The van der Waals surface area contributed by atoms with Crippen LogP contribution < -0.4 is 0 Å². The Hall–Kier alpha value is -0.630. The summed E-state index contributed by atoms with van der Waals surface area (Å²) in [6, 6.07) is 1.66. The van der Waals surface area contributed by atoms with Crippen molar-refractivity contribution >= 4 is 21.9 Å². The molecule has 0 aromatic heterocycles. The quantitative estimate of drug-likeness (QED) is 0.447. The Kier molecular flexibility index (Phi) is 1.01. The molecule has 0 amide bonds. The highest BCUT2D eigenvalue weighted by atomic mass is 79.9. The van der Waals surface area contributed by atoms with Crippen LogP contribution in [0.3, 0.4) is 0 Å². The summed E-state index contributed by atoms with van der Waals surface area (Å²) < 4.78 is 15.9. The van der Waals surface area contributed by atoms with Crippen molar-refractivity contribution in [2.45, 2.75) is 4.58 Å². The van der Waals surface area contributed by atoms with Crippen LogP contribution in [-0.2, 0) is 9.53 Å². The van der Waals surface area contributed by atoms with Crippen LogP contribution >= 0.6 is 15.9 Å². The van der Waals surface area contributed by atoms with Crippen LogP contribution in [0, 0.1) is 22.7 Å². The van der Waals surface area contributed by atoms with Gasteiger partial charge in [-0.05, 0) is 15.9 Å². The summed E-state index contributed by atoms with van der Waals surface area (Å²) in [4.78, 5) is 10.9. The number of hydrogen-bond acceptors (Lipinski definition) is 3. The number of fused-ring (bicyclic) bond motifs is 1. The maximum absolute atomic E-state index is 13.2. The van der Waals surface area contributed by atoms with Crippen molar-refractivity contribution in [3.05, 3.63) is 0 Å². The van der Waals surface area contributed by atoms with Gasteiger partial charge in [-0.25, -0.2) is 4.39 Å². The van der Waals surface area contributed by atoms with Crippen LogP contribution in [0.5, 0.6) is 0 Å². The molecule has 5 heteroatoms. The molecule has 58 valence electrons. The van der Waals surface area contributed by atoms with Crippen molar-refractivity contribution in [1.82, 2.24) is 0 Å². The molecule has 11 heavy (non-hydrogen) atoms. The molecule has 0 aromatic carbocycles. The predicted molar refractivity (Wildman–Crippen MR) is 35.3 cm³/mol. The number of cyclic esters (lactones) is 1. The molecule has 0 aromatic rings. The molecule has 2 rings (SSSR count). The third-order valence-electron chi connectivity index (χ3n) is 2.28. The standard InChI is InChI=1S/C6H3BrFNO2/c7-6(8)3-1-11-4(10)5(3,6)2-9/h3H,1H2/t3-,5-,6+/m0/s1. The molecule has 3 nitrogen and oxygen atoms in total. The van der Waals surface area contributed by atoms with Gasteiger partial charge in [0, 0.05) is 0 Å². The Morgan fingerprint density at radius 3 is 2.82 bits per heavy atom. The molecule has 0 N–H and O–H groups in total. The minimum absolute atomic E-state index is 0.00808. The van der Waals surface area contributed by atoms with Crippen molar-refractivity contribution in [2.24, 2.45) is 11.3 Å². The number of carbonyl (C=O) groups excluding carboxylic acids is 1. The molecule has 2 aliphatic rings. The first-order valence-corrected chi connectivity index (χ1v) is 3.83. The third kappa shape index (κ3) is 0.486. The number of alkyl halides is 2. The van der Waals surface area contributed by atoms with E-state index in [-0.39, 0.29) is 6.61 Å². The summed E-state index contributed by atoms with van der Waals surface area (Å²) >= 11 is 2.70. The first-order valence-electron chi connectivity index (χ1n) is 3.03. The van der Waals surface area contributed by atoms with E-state index in [1.54, 1.807) is 6.07 Å². The van der Waals surface area contributed by atoms with Gasteiger partial charge in [-0.2, -0.15) is 5.26 Å². The molecule has 1 saturated carbocycles. The van der Waals surface area contributed by atoms with E-state index in [2.05, 4.69) is 20.7 Å². The molecule has 1 heterocycles. The normalized spacial score (nSPS) is 52.8. The Morgan fingerprint density at radius 1 is 1.91 bits per heavy atom. The van der Waals surface area contributed by atoms with Crippen molar-refractivity contribution < 1.29 is 13.9 Å². The molecule has 1 aliphatic carbocycles. The average Bonchev–Trinajstić information content (AvgIpc) is 2.28. The van der Waals surface area contributed by atoms with Crippen LogP contribution in [-0.4, -0.2) is 17.2 Å². The molecular weight excluding hydrogens is 217 g/mol. The second-order valence-corrected chi connectivity index (χ2v) is 3.85. The summed E-state index contributed by atoms with van der Waals surface area (Å²) in [5.41, 5.74) is -1.55. The van der Waals surface area contributed by atoms with Crippen LogP contribution in [0.1, 0.15) is 0 Å². The fourth-order valence-corrected chi connectivity index (χ4v) is 2.34. The van der Waals surface area contributed by atoms with Crippen LogP contribution in [0.2, 0.25) is 0 Å². The van der Waals surface area contributed by atoms with E-state index in [9.17, 15) is 9.18 Å². The van der Waals surface area contributed by atoms with Gasteiger partial charge in [0.2, 0.25) is 9.99 Å². The zero-order valence-electron chi connectivity index (χ0n) is 5.30. The van der Waals surface area contributed by atoms with Gasteiger partial charge in [0.25, 0.3) is 0 Å². The third-order valence-corrected chi connectivity index (χ3v) is 3.46. The molecule has 1 saturated heterocycles. The number of nitrogens with zero attached hydrogens (tertiary/aromatic N) is 1. The van der Waals surface area contributed by atoms with Gasteiger partial charge in [-0.3, -0.25) is 4.79 Å². The number of carbonyl (C=O) groups is 1. The SMILES string of the molecule is N#C[C@@]12C(=O)OC[C@@H]1[C@]2(F)Br. The number of esters is 1. The highest BCUT2D eigenvalue weighted by Crippen LogP contribution is 2.71. The minimum atomic E-state index is -1.84. The summed E-state index contributed by atoms with van der Waals surface area (Å²) in [6.45, 7) is 0.00808. The van der Waals surface area contributed by atoms with E-state index in [1.807, 2.05) is 0 Å². The van der Waals surface area contributed by atoms with E-state index in [0.717, 1.165) is 0 Å². The van der Waals surface area contributed by atoms with Gasteiger partial charge in [0.15, 0.2) is 0 Å². The lowest BCUT2D eigenvalue weighted by Gasteiger charge is -2.04. The Morgan fingerprint density at radius 2 is 2.55 bits per heavy atom. The van der Waals surface area contributed by atoms with Gasteiger partial charge < -0.3 is 4.74 Å². The lowest BCUT2D eigenvalue weighted by molar-refractivity contribution is -0.144. The number of nitriles is 1. The first kappa shape index (κ1) is 7.04. The van der Waals surface area contributed by atoms with Crippen molar-refractivity contribution in [2.75, 3.05) is 6.61 Å². The van der Waals surface area contributed by atoms with Gasteiger partial charge in [0.1, 0.15) is 6.61 Å². The van der Waals surface area contributed by atoms with Gasteiger partial charge in [0.05, 0.1) is 12.0 Å². The maximum atomic E-state index is 13.2. The number of ether oxygens (including phenoxy) is 1. The van der Waals surface area contributed by atoms with Crippen LogP contribution in [0.4, 0.5) is 4.39 Å². The lowest BCUT2D eigenvalue weighted by atomic mass is 10.1. The van der Waals surface area contributed by atoms with Crippen molar-refractivity contribution in [1.29, 1.82) is 5.26 Å². The summed E-state index contributed by atoms with van der Waals surface area (Å²) in [6.07, 6.45) is 0. The Balaban J connectivity index is 2.46. The first-order chi connectivity index (χ1) is 5.07. The number of hydrogen-bond donors (Lipinski definition) is 0. The molecular formula is C6H3BrFNO2. The van der Waals surface area contributed by atoms with E-state index in [4.69, 9.17) is 5.26 Å². The molecule has 1 aliphatic heterocycles. The Bertz CT molecular complexity index is 285. The van der Waals surface area contributed by atoms with E-state index >= 15 is 0 Å². The predicted octanol–water partition coefficient (Wildman–Crippen LogP) is 0.744. The van der Waals surface area contributed by atoms with E-state index in [1.165, 1.54) is 0 Å². The minimum Gasteiger partial charge on any atom is -0.464 e. The fourth-order valence-electron chi connectivity index (χ4n) is 1.45. The monoisotopic (exact) mass is 219 g/mol. The van der Waals surface area contributed by atoms with Crippen molar-refractivity contribution in [3.63, 3.8) is 0 Å². The molecule has 0 unspecified atom stereocenters. The lowest BCUT2D eigenvalue weighted by Crippen LogP contribution is -2.20. The van der Waals surface area contributed by atoms with E-state index < -0.39 is 21.9 Å². The molecule has 2 fully saturated rings. The molecule has 0 bridgehead atoms. The van der Waals surface area contributed by atoms with Gasteiger partial charge in [-0.15, -0.1) is 0 Å². The second-order valence-electron chi connectivity index (χ2n) is 2.69. The number of rotatable bonds is 0. The molecule has 3 atom stereocenters. The average molecular weight is 220 g/mol. The smallest absolute Gasteiger partial charge is 0.331 e. The number of halogens is 2. The molecule has 0 radical (unpaired) electrons. The Labute approximate surface area is 70.3 Å². The van der Waals surface area contributed by atoms with Gasteiger partial charge in [-0.1, -0.05) is 0 Å². The summed E-state index contributed by atoms with van der Waals surface area (Å²) in [7, 11) is 0. The summed E-state index contributed by atoms with van der Waals surface area (Å²) in [5.74, 6) is -1.36. The van der Waals surface area contributed by atoms with Crippen LogP contribution in [0.25, 0.3) is 0 Å². The van der Waals surface area contributed by atoms with E-state index in [0.29, 0.717) is 0 Å². The van der Waals surface area contributed by atoms with Gasteiger partial charge >= 0.3 is 5.97 Å². The largest absolute Gasteiger partial charge is 0.464 e. The topological polar surface area (TPSA) is 50.1 Å². The second kappa shape index (κ2) is 1.58. The fraction of sp³-hybridized carbons (Fsp3) is 0.667.